The van der Waals surface area contributed by atoms with E-state index in [1.165, 1.54) is 130 Å². The first-order valence-electron chi connectivity index (χ1n) is 39.2. The number of rotatable bonds is 12. The molecule has 0 radical (unpaired) electrons. The molecule has 18 aromatic carbocycles. The zero-order valence-corrected chi connectivity index (χ0v) is 74.6. The maximum absolute atomic E-state index is 14.0. The molecule has 0 unspecified atom stereocenters. The molecule has 0 saturated heterocycles. The van der Waals surface area contributed by atoms with Gasteiger partial charge in [-0.05, 0) is 269 Å². The van der Waals surface area contributed by atoms with Crippen molar-refractivity contribution in [3.63, 3.8) is 0 Å². The van der Waals surface area contributed by atoms with E-state index in [2.05, 4.69) is 387 Å². The molecule has 0 aliphatic carbocycles. The van der Waals surface area contributed by atoms with E-state index in [1.54, 1.807) is 34.8 Å². The van der Waals surface area contributed by atoms with Gasteiger partial charge in [0, 0.05) is 187 Å². The Balaban J connectivity index is 0.000000103. The van der Waals surface area contributed by atoms with Crippen LogP contribution in [0.1, 0.15) is 0 Å². The van der Waals surface area contributed by atoms with Gasteiger partial charge >= 0.3 is 0 Å². The molecule has 5 heterocycles. The molecular formula is C106H66Br4F2N4S5. The summed E-state index contributed by atoms with van der Waals surface area (Å²) in [6.07, 6.45) is 0. The first-order chi connectivity index (χ1) is 59.4. The highest BCUT2D eigenvalue weighted by atomic mass is 79.9. The molecule has 121 heavy (non-hydrogen) atoms. The lowest BCUT2D eigenvalue weighted by atomic mass is 10.1. The molecule has 0 aliphatic heterocycles. The molecule has 5 aromatic heterocycles. The van der Waals surface area contributed by atoms with E-state index < -0.39 is 0 Å². The van der Waals surface area contributed by atoms with Crippen molar-refractivity contribution in [3.05, 3.63) is 430 Å². The smallest absolute Gasteiger partial charge is 0.125 e. The number of para-hydroxylation sites is 4. The van der Waals surface area contributed by atoms with Gasteiger partial charge in [0.05, 0.1) is 0 Å². The number of halogens is 6. The van der Waals surface area contributed by atoms with E-state index in [4.69, 9.17) is 0 Å². The zero-order chi connectivity index (χ0) is 81.6. The van der Waals surface area contributed by atoms with Crippen LogP contribution in [0.4, 0.5) is 77.0 Å². The van der Waals surface area contributed by atoms with Crippen LogP contribution in [-0.4, -0.2) is 0 Å². The molecular weight excluding hydrogens is 1850 g/mol. The van der Waals surface area contributed by atoms with E-state index in [0.29, 0.717) is 0 Å². The van der Waals surface area contributed by atoms with E-state index in [9.17, 15) is 8.78 Å². The highest BCUT2D eigenvalue weighted by molar-refractivity contribution is 9.11. The third-order valence-corrected chi connectivity index (χ3v) is 31.1. The number of hydrogen-bond acceptors (Lipinski definition) is 9. The maximum Gasteiger partial charge on any atom is 0.125 e. The average molecular weight is 1910 g/mol. The van der Waals surface area contributed by atoms with Crippen LogP contribution in [0.15, 0.2) is 418 Å². The molecule has 0 atom stereocenters. The minimum Gasteiger partial charge on any atom is -0.310 e. The SMILES string of the molecule is Brc1cc(N(c2ccccc2)c2ccc3c(c2)sc2ccccc23)cc2c1sc1ccccc12.Brc1cc(N(c2ccccc2)c2ccc3ccccc3c2)cc2c1sc1ccccc12.Fc1ccc(N(c2ccccc2)c2cc(Br)c3sc4ccccc4c3c2)cc1.Fc1cccc(N(c2ccccc2)c2cc(Br)c3sc4ccccc4c3c2)c1. The fraction of sp³-hybridized carbons (Fsp3) is 0. The van der Waals surface area contributed by atoms with Crippen molar-refractivity contribution in [2.45, 2.75) is 0 Å². The normalized spacial score (nSPS) is 11.4. The van der Waals surface area contributed by atoms with Crippen molar-refractivity contribution < 1.29 is 8.78 Å². The Morgan fingerprint density at radius 2 is 0.438 bits per heavy atom. The van der Waals surface area contributed by atoms with Gasteiger partial charge in [-0.3, -0.25) is 0 Å². The maximum atomic E-state index is 14.0. The lowest BCUT2D eigenvalue weighted by Gasteiger charge is -2.26. The third kappa shape index (κ3) is 15.6. The summed E-state index contributed by atoms with van der Waals surface area (Å²) in [6.45, 7) is 0. The minimum absolute atomic E-state index is 0.239. The molecule has 0 spiro atoms. The monoisotopic (exact) mass is 1910 g/mol. The Hall–Kier alpha value is -11.7. The summed E-state index contributed by atoms with van der Waals surface area (Å²) in [4.78, 5) is 8.93. The van der Waals surface area contributed by atoms with E-state index >= 15 is 0 Å². The van der Waals surface area contributed by atoms with Crippen LogP contribution >= 0.6 is 120 Å². The first kappa shape index (κ1) is 77.9. The van der Waals surface area contributed by atoms with E-state index in [1.807, 2.05) is 101 Å². The van der Waals surface area contributed by atoms with Gasteiger partial charge in [-0.2, -0.15) is 0 Å². The second-order valence-electron chi connectivity index (χ2n) is 29.1. The molecule has 0 amide bonds. The Morgan fingerprint density at radius 3 is 0.818 bits per heavy atom. The molecule has 4 nitrogen and oxygen atoms in total. The second kappa shape index (κ2) is 34.1. The number of anilines is 12. The van der Waals surface area contributed by atoms with Crippen molar-refractivity contribution >= 4 is 300 Å². The van der Waals surface area contributed by atoms with Gasteiger partial charge in [-0.1, -0.05) is 206 Å². The van der Waals surface area contributed by atoms with Gasteiger partial charge in [0.1, 0.15) is 11.6 Å². The summed E-state index contributed by atoms with van der Waals surface area (Å²) in [5.74, 6) is -0.489. The molecule has 0 fully saturated rings. The van der Waals surface area contributed by atoms with Crippen LogP contribution in [-0.2, 0) is 0 Å². The molecule has 15 heteroatoms. The number of fused-ring (bicyclic) bond motifs is 16. The van der Waals surface area contributed by atoms with Crippen LogP contribution in [0.3, 0.4) is 0 Å². The molecule has 0 aliphatic rings. The van der Waals surface area contributed by atoms with Gasteiger partial charge in [0.15, 0.2) is 0 Å². The number of thiophene rings is 5. The van der Waals surface area contributed by atoms with Crippen molar-refractivity contribution in [2.75, 3.05) is 19.6 Å². The van der Waals surface area contributed by atoms with Gasteiger partial charge in [0.25, 0.3) is 0 Å². The van der Waals surface area contributed by atoms with Gasteiger partial charge in [-0.25, -0.2) is 8.78 Å². The minimum atomic E-state index is -0.250. The van der Waals surface area contributed by atoms with Crippen LogP contribution in [0.25, 0.3) is 112 Å². The first-order valence-corrected chi connectivity index (χ1v) is 46.5. The Morgan fingerprint density at radius 1 is 0.165 bits per heavy atom. The number of benzene rings is 18. The molecule has 23 aromatic rings. The predicted octanol–water partition coefficient (Wildman–Crippen LogP) is 36.9. The van der Waals surface area contributed by atoms with Crippen LogP contribution in [0, 0.1) is 11.6 Å². The summed E-state index contributed by atoms with van der Waals surface area (Å²) >= 11 is 24.4. The topological polar surface area (TPSA) is 13.0 Å². The fourth-order valence-electron chi connectivity index (χ4n) is 16.1. The molecule has 23 rings (SSSR count). The third-order valence-electron chi connectivity index (χ3n) is 21.5. The van der Waals surface area contributed by atoms with Gasteiger partial charge in [-0.15, -0.1) is 56.7 Å². The fourth-order valence-corrected chi connectivity index (χ4v) is 24.3. The standard InChI is InChI=1S/C30H18BrNS2.C28H18BrNS.2C24H15BrFNS/c31-26-17-21(16-25-23-11-5-7-13-28(23)34-30(25)26)32(19-8-2-1-3-9-19)20-14-15-24-22-10-4-6-12-27(22)33-29(24)18-20;29-26-18-23(17-25-24-12-6-7-13-27(24)31-28(25)26)30(21-10-2-1-3-11-21)22-15-14-19-8-4-5-9-20(19)16-22;25-22-15-19(14-21-20-11-4-5-12-23(20)28-24(21)22)27(17-8-2-1-3-9-17)18-10-6-7-16(26)13-18;25-22-15-19(14-21-20-8-4-5-9-23(20)28-24(21)22)27(17-6-2-1-3-7-17)18-12-10-16(26)11-13-18/h1-18H;1-18H;2*1-15H. The number of hydrogen-bond donors (Lipinski definition) is 0. The molecule has 582 valence electrons. The van der Waals surface area contributed by atoms with Crippen LogP contribution in [0.5, 0.6) is 0 Å². The van der Waals surface area contributed by atoms with Crippen LogP contribution < -0.4 is 19.6 Å². The second-order valence-corrected chi connectivity index (χ2v) is 37.8. The lowest BCUT2D eigenvalue weighted by Crippen LogP contribution is -2.10. The van der Waals surface area contributed by atoms with Crippen molar-refractivity contribution in [1.82, 2.24) is 0 Å². The highest BCUT2D eigenvalue weighted by Crippen LogP contribution is 2.51. The Kier molecular flexibility index (Phi) is 21.9. The van der Waals surface area contributed by atoms with E-state index in [-0.39, 0.29) is 11.6 Å². The van der Waals surface area contributed by atoms with Crippen molar-refractivity contribution in [1.29, 1.82) is 0 Å². The summed E-state index contributed by atoms with van der Waals surface area (Å²) in [7, 11) is 0. The largest absolute Gasteiger partial charge is 0.310 e. The average Bonchev–Trinajstić information content (AvgIpc) is 1.65. The predicted molar refractivity (Wildman–Crippen MR) is 537 cm³/mol. The summed E-state index contributed by atoms with van der Waals surface area (Å²) in [6, 6.07) is 137. The zero-order valence-electron chi connectivity index (χ0n) is 64.2. The lowest BCUT2D eigenvalue weighted by molar-refractivity contribution is 0.627. The summed E-state index contributed by atoms with van der Waals surface area (Å²) in [5.41, 5.74) is 12.6. The van der Waals surface area contributed by atoms with Gasteiger partial charge in [0.2, 0.25) is 0 Å². The van der Waals surface area contributed by atoms with Crippen LogP contribution in [0.2, 0.25) is 0 Å². The van der Waals surface area contributed by atoms with Gasteiger partial charge < -0.3 is 19.6 Å². The van der Waals surface area contributed by atoms with Crippen molar-refractivity contribution in [2.24, 2.45) is 0 Å². The van der Waals surface area contributed by atoms with Crippen molar-refractivity contribution in [3.8, 4) is 0 Å². The molecule has 0 saturated carbocycles. The Labute approximate surface area is 751 Å². The number of nitrogens with zero attached hydrogens (tertiary/aromatic N) is 4. The quantitative estimate of drug-likeness (QED) is 0.121. The highest BCUT2D eigenvalue weighted by Gasteiger charge is 2.24. The summed E-state index contributed by atoms with van der Waals surface area (Å²) < 4.78 is 44.7. The molecule has 0 N–H and O–H groups in total. The van der Waals surface area contributed by atoms with E-state index in [0.717, 1.165) is 86.1 Å². The molecule has 0 bridgehead atoms. The summed E-state index contributed by atoms with van der Waals surface area (Å²) in [5, 5.41) is 15.2. The Bertz CT molecular complexity index is 7790.